The summed E-state index contributed by atoms with van der Waals surface area (Å²) in [4.78, 5) is 12.2. The molecule has 0 saturated heterocycles. The van der Waals surface area contributed by atoms with Crippen molar-refractivity contribution in [2.75, 3.05) is 0 Å². The molecule has 0 saturated carbocycles. The number of aromatic nitrogens is 4. The molecule has 1 N–H and O–H groups in total. The molecule has 2 aromatic carbocycles. The summed E-state index contributed by atoms with van der Waals surface area (Å²) in [6.45, 7) is 0.188. The maximum atomic E-state index is 12.2. The van der Waals surface area contributed by atoms with Gasteiger partial charge in [-0.05, 0) is 46.8 Å². The SMILES string of the molecule is O=C(NCc1nnnn1-c1ccc(Br)cc1)c1ccccc1Cl. The Balaban J connectivity index is 1.75. The van der Waals surface area contributed by atoms with E-state index in [1.807, 2.05) is 24.3 Å². The molecular formula is C15H11BrClN5O. The molecule has 0 atom stereocenters. The van der Waals surface area contributed by atoms with Gasteiger partial charge in [0.1, 0.15) is 0 Å². The highest BCUT2D eigenvalue weighted by atomic mass is 79.9. The first kappa shape index (κ1) is 15.6. The number of carbonyl (C=O) groups is 1. The van der Waals surface area contributed by atoms with E-state index in [-0.39, 0.29) is 12.5 Å². The summed E-state index contributed by atoms with van der Waals surface area (Å²) < 4.78 is 2.53. The van der Waals surface area contributed by atoms with Crippen LogP contribution in [0.15, 0.2) is 53.0 Å². The minimum atomic E-state index is -0.277. The zero-order chi connectivity index (χ0) is 16.2. The highest BCUT2D eigenvalue weighted by molar-refractivity contribution is 9.10. The van der Waals surface area contributed by atoms with Gasteiger partial charge < -0.3 is 5.32 Å². The summed E-state index contributed by atoms with van der Waals surface area (Å²) in [6, 6.07) is 14.4. The van der Waals surface area contributed by atoms with E-state index in [1.54, 1.807) is 28.9 Å². The Bertz CT molecular complexity index is 834. The Labute approximate surface area is 145 Å². The number of benzene rings is 2. The highest BCUT2D eigenvalue weighted by Crippen LogP contribution is 2.16. The van der Waals surface area contributed by atoms with Crippen LogP contribution in [0.2, 0.25) is 5.02 Å². The molecule has 0 unspecified atom stereocenters. The Kier molecular flexibility index (Phi) is 4.68. The molecule has 6 nitrogen and oxygen atoms in total. The normalized spacial score (nSPS) is 10.5. The van der Waals surface area contributed by atoms with Gasteiger partial charge >= 0.3 is 0 Å². The van der Waals surface area contributed by atoms with Crippen molar-refractivity contribution in [1.82, 2.24) is 25.5 Å². The van der Waals surface area contributed by atoms with Crippen molar-refractivity contribution in [2.45, 2.75) is 6.54 Å². The van der Waals surface area contributed by atoms with E-state index in [4.69, 9.17) is 11.6 Å². The summed E-state index contributed by atoms with van der Waals surface area (Å²) in [5.74, 6) is 0.244. The fourth-order valence-electron chi connectivity index (χ4n) is 2.00. The van der Waals surface area contributed by atoms with Crippen LogP contribution in [0.1, 0.15) is 16.2 Å². The third kappa shape index (κ3) is 3.57. The van der Waals surface area contributed by atoms with Crippen molar-refractivity contribution in [3.63, 3.8) is 0 Å². The summed E-state index contributed by atoms with van der Waals surface area (Å²) in [5.41, 5.74) is 1.22. The molecule has 3 aromatic rings. The summed E-state index contributed by atoms with van der Waals surface area (Å²) >= 11 is 9.39. The maximum absolute atomic E-state index is 12.2. The van der Waals surface area contributed by atoms with Crippen LogP contribution in [0.3, 0.4) is 0 Å². The van der Waals surface area contributed by atoms with Gasteiger partial charge in [-0.25, -0.2) is 0 Å². The van der Waals surface area contributed by atoms with Gasteiger partial charge in [-0.2, -0.15) is 4.68 Å². The fraction of sp³-hybridized carbons (Fsp3) is 0.0667. The van der Waals surface area contributed by atoms with Crippen LogP contribution < -0.4 is 5.32 Å². The Morgan fingerprint density at radius 2 is 1.91 bits per heavy atom. The molecule has 0 aliphatic rings. The third-order valence-electron chi connectivity index (χ3n) is 3.13. The van der Waals surface area contributed by atoms with Crippen molar-refractivity contribution >= 4 is 33.4 Å². The van der Waals surface area contributed by atoms with Gasteiger partial charge in [-0.1, -0.05) is 39.7 Å². The lowest BCUT2D eigenvalue weighted by Crippen LogP contribution is -2.25. The van der Waals surface area contributed by atoms with Crippen molar-refractivity contribution in [2.24, 2.45) is 0 Å². The lowest BCUT2D eigenvalue weighted by molar-refractivity contribution is 0.0950. The molecule has 0 aliphatic heterocycles. The van der Waals surface area contributed by atoms with E-state index < -0.39 is 0 Å². The molecular weight excluding hydrogens is 382 g/mol. The van der Waals surface area contributed by atoms with Gasteiger partial charge in [0.15, 0.2) is 5.82 Å². The zero-order valence-electron chi connectivity index (χ0n) is 11.8. The van der Waals surface area contributed by atoms with Crippen LogP contribution in [-0.2, 0) is 6.54 Å². The fourth-order valence-corrected chi connectivity index (χ4v) is 2.48. The zero-order valence-corrected chi connectivity index (χ0v) is 14.1. The maximum Gasteiger partial charge on any atom is 0.253 e. The van der Waals surface area contributed by atoms with Gasteiger partial charge in [-0.3, -0.25) is 4.79 Å². The predicted octanol–water partition coefficient (Wildman–Crippen LogP) is 3.01. The average Bonchev–Trinajstić information content (AvgIpc) is 3.02. The molecule has 8 heteroatoms. The molecule has 1 aromatic heterocycles. The standard InChI is InChI=1S/C15H11BrClN5O/c16-10-5-7-11(8-6-10)22-14(19-20-21-22)9-18-15(23)12-3-1-2-4-13(12)17/h1-8H,9H2,(H,18,23). The van der Waals surface area contributed by atoms with Crippen molar-refractivity contribution < 1.29 is 4.79 Å². The molecule has 0 radical (unpaired) electrons. The van der Waals surface area contributed by atoms with Crippen molar-refractivity contribution in [1.29, 1.82) is 0 Å². The van der Waals surface area contributed by atoms with Crippen LogP contribution >= 0.6 is 27.5 Å². The number of nitrogens with one attached hydrogen (secondary N) is 1. The molecule has 116 valence electrons. The number of nitrogens with zero attached hydrogens (tertiary/aromatic N) is 4. The van der Waals surface area contributed by atoms with E-state index in [2.05, 4.69) is 36.8 Å². The third-order valence-corrected chi connectivity index (χ3v) is 3.99. The first-order valence-corrected chi connectivity index (χ1v) is 7.88. The van der Waals surface area contributed by atoms with Crippen LogP contribution in [-0.4, -0.2) is 26.1 Å². The second-order valence-corrected chi connectivity index (χ2v) is 5.97. The number of carbonyl (C=O) groups excluding carboxylic acids is 1. The molecule has 3 rings (SSSR count). The second kappa shape index (κ2) is 6.89. The number of halogens is 2. The van der Waals surface area contributed by atoms with Crippen LogP contribution in [0.4, 0.5) is 0 Å². The van der Waals surface area contributed by atoms with Gasteiger partial charge in [0.2, 0.25) is 0 Å². The van der Waals surface area contributed by atoms with Crippen molar-refractivity contribution in [3.8, 4) is 5.69 Å². The number of hydrogen-bond acceptors (Lipinski definition) is 4. The largest absolute Gasteiger partial charge is 0.345 e. The number of rotatable bonds is 4. The molecule has 23 heavy (non-hydrogen) atoms. The van der Waals surface area contributed by atoms with Gasteiger partial charge in [0, 0.05) is 4.47 Å². The molecule has 0 bridgehead atoms. The Morgan fingerprint density at radius 1 is 1.17 bits per heavy atom. The van der Waals surface area contributed by atoms with Crippen LogP contribution in [0.25, 0.3) is 5.69 Å². The smallest absolute Gasteiger partial charge is 0.253 e. The van der Waals surface area contributed by atoms with Crippen LogP contribution in [0, 0.1) is 0 Å². The predicted molar refractivity (Wildman–Crippen MR) is 89.5 cm³/mol. The summed E-state index contributed by atoms with van der Waals surface area (Å²) in [7, 11) is 0. The molecule has 1 amide bonds. The highest BCUT2D eigenvalue weighted by Gasteiger charge is 2.12. The summed E-state index contributed by atoms with van der Waals surface area (Å²) in [6.07, 6.45) is 0. The van der Waals surface area contributed by atoms with Crippen LogP contribution in [0.5, 0.6) is 0 Å². The van der Waals surface area contributed by atoms with Gasteiger partial charge in [-0.15, -0.1) is 5.10 Å². The monoisotopic (exact) mass is 391 g/mol. The molecule has 0 fully saturated rings. The minimum Gasteiger partial charge on any atom is -0.345 e. The summed E-state index contributed by atoms with van der Waals surface area (Å²) in [5, 5.41) is 14.7. The van der Waals surface area contributed by atoms with E-state index >= 15 is 0 Å². The second-order valence-electron chi connectivity index (χ2n) is 4.65. The lowest BCUT2D eigenvalue weighted by atomic mass is 10.2. The number of tetrazole rings is 1. The average molecular weight is 393 g/mol. The molecule has 1 heterocycles. The number of hydrogen-bond donors (Lipinski definition) is 1. The van der Waals surface area contributed by atoms with E-state index in [1.165, 1.54) is 0 Å². The molecule has 0 spiro atoms. The lowest BCUT2D eigenvalue weighted by Gasteiger charge is -2.07. The Hall–Kier alpha value is -2.25. The van der Waals surface area contributed by atoms with E-state index in [9.17, 15) is 4.79 Å². The van der Waals surface area contributed by atoms with E-state index in [0.29, 0.717) is 16.4 Å². The minimum absolute atomic E-state index is 0.188. The first-order valence-electron chi connectivity index (χ1n) is 6.71. The van der Waals surface area contributed by atoms with Gasteiger partial charge in [0.25, 0.3) is 5.91 Å². The van der Waals surface area contributed by atoms with Crippen molar-refractivity contribution in [3.05, 3.63) is 69.4 Å². The molecule has 0 aliphatic carbocycles. The quantitative estimate of drug-likeness (QED) is 0.741. The van der Waals surface area contributed by atoms with Gasteiger partial charge in [0.05, 0.1) is 22.8 Å². The van der Waals surface area contributed by atoms with E-state index in [0.717, 1.165) is 10.2 Å². The number of amides is 1. The Morgan fingerprint density at radius 3 is 2.65 bits per heavy atom. The topological polar surface area (TPSA) is 72.7 Å². The first-order chi connectivity index (χ1) is 11.1.